The van der Waals surface area contributed by atoms with Crippen molar-refractivity contribution in [2.24, 2.45) is 0 Å². The molecule has 2 aromatic heterocycles. The van der Waals surface area contributed by atoms with E-state index in [-0.39, 0.29) is 5.75 Å². The van der Waals surface area contributed by atoms with Gasteiger partial charge in [-0.3, -0.25) is 4.98 Å². The van der Waals surface area contributed by atoms with Gasteiger partial charge in [-0.1, -0.05) is 11.8 Å². The molecular weight excluding hydrogens is 376 g/mol. The first-order chi connectivity index (χ1) is 12.9. The van der Waals surface area contributed by atoms with Crippen LogP contribution >= 0.6 is 11.8 Å². The summed E-state index contributed by atoms with van der Waals surface area (Å²) < 4.78 is 40.6. The lowest BCUT2D eigenvalue weighted by molar-refractivity contribution is -0.0506. The van der Waals surface area contributed by atoms with Crippen molar-refractivity contribution in [1.82, 2.24) is 15.0 Å². The van der Waals surface area contributed by atoms with Gasteiger partial charge in [0.05, 0.1) is 30.9 Å². The zero-order chi connectivity index (χ0) is 19.6. The van der Waals surface area contributed by atoms with Crippen LogP contribution in [-0.2, 0) is 5.75 Å². The Morgan fingerprint density at radius 1 is 1.19 bits per heavy atom. The second-order valence-corrected chi connectivity index (χ2v) is 6.71. The van der Waals surface area contributed by atoms with E-state index >= 15 is 0 Å². The van der Waals surface area contributed by atoms with E-state index < -0.39 is 6.61 Å². The highest BCUT2D eigenvalue weighted by atomic mass is 32.2. The number of thioether (sulfide) groups is 1. The molecule has 0 saturated carbocycles. The largest absolute Gasteiger partial charge is 0.493 e. The number of H-pyrrole nitrogens is 1. The number of benzene rings is 1. The summed E-state index contributed by atoms with van der Waals surface area (Å²) in [5.74, 6) is 1.84. The van der Waals surface area contributed by atoms with Crippen molar-refractivity contribution in [3.05, 3.63) is 35.2 Å². The fourth-order valence-electron chi connectivity index (χ4n) is 2.87. The van der Waals surface area contributed by atoms with Crippen LogP contribution in [0.25, 0.3) is 11.0 Å². The molecule has 0 unspecified atom stereocenters. The molecule has 27 heavy (non-hydrogen) atoms. The lowest BCUT2D eigenvalue weighted by Gasteiger charge is -2.11. The number of nitrogens with zero attached hydrogens (tertiary/aromatic N) is 2. The Morgan fingerprint density at radius 2 is 1.96 bits per heavy atom. The minimum absolute atomic E-state index is 0.164. The van der Waals surface area contributed by atoms with Crippen LogP contribution in [0.2, 0.25) is 0 Å². The van der Waals surface area contributed by atoms with E-state index in [4.69, 9.17) is 9.47 Å². The van der Waals surface area contributed by atoms with Crippen molar-refractivity contribution < 1.29 is 23.0 Å². The fraction of sp³-hybridized carbons (Fsp3) is 0.333. The van der Waals surface area contributed by atoms with E-state index in [9.17, 15) is 8.78 Å². The summed E-state index contributed by atoms with van der Waals surface area (Å²) in [5, 5.41) is 0.647. The molecule has 144 valence electrons. The van der Waals surface area contributed by atoms with Gasteiger partial charge >= 0.3 is 6.61 Å². The number of methoxy groups -OCH3 is 2. The maximum atomic E-state index is 12.6. The standard InChI is InChI=1S/C18H19F2N3O3S/c1-9-7-11-14(10(2)15(9)26-17(19)20)23-18(22-11)27-8-12-16(25-4)13(24-3)5-6-21-12/h5-7,17H,8H2,1-4H3,(H,22,23). The average molecular weight is 395 g/mol. The first-order valence-corrected chi connectivity index (χ1v) is 9.06. The number of ether oxygens (including phenoxy) is 3. The van der Waals surface area contributed by atoms with Gasteiger partial charge in [0.25, 0.3) is 0 Å². The molecule has 0 aliphatic carbocycles. The van der Waals surface area contributed by atoms with Crippen LogP contribution in [0.3, 0.4) is 0 Å². The Labute approximate surface area is 159 Å². The van der Waals surface area contributed by atoms with E-state index in [1.807, 2.05) is 0 Å². The van der Waals surface area contributed by atoms with Crippen LogP contribution in [0.4, 0.5) is 8.78 Å². The van der Waals surface area contributed by atoms with Crippen LogP contribution in [0.5, 0.6) is 17.2 Å². The van der Waals surface area contributed by atoms with Crippen molar-refractivity contribution in [3.8, 4) is 17.2 Å². The van der Waals surface area contributed by atoms with E-state index in [1.165, 1.54) is 11.8 Å². The normalized spacial score (nSPS) is 11.2. The highest BCUT2D eigenvalue weighted by Crippen LogP contribution is 2.35. The van der Waals surface area contributed by atoms with Gasteiger partial charge in [0.15, 0.2) is 16.7 Å². The highest BCUT2D eigenvalue weighted by Gasteiger charge is 2.17. The van der Waals surface area contributed by atoms with E-state index in [0.29, 0.717) is 39.1 Å². The number of nitrogens with one attached hydrogen (secondary N) is 1. The van der Waals surface area contributed by atoms with E-state index in [0.717, 1.165) is 11.2 Å². The van der Waals surface area contributed by atoms with Crippen LogP contribution in [-0.4, -0.2) is 35.8 Å². The molecule has 0 atom stereocenters. The topological polar surface area (TPSA) is 69.3 Å². The molecule has 0 aliphatic rings. The second-order valence-electron chi connectivity index (χ2n) is 5.75. The number of hydrogen-bond acceptors (Lipinski definition) is 6. The van der Waals surface area contributed by atoms with Gasteiger partial charge in [0, 0.05) is 23.6 Å². The Morgan fingerprint density at radius 3 is 2.63 bits per heavy atom. The molecule has 6 nitrogen and oxygen atoms in total. The minimum Gasteiger partial charge on any atom is -0.493 e. The number of aromatic amines is 1. The monoisotopic (exact) mass is 395 g/mol. The Bertz CT molecular complexity index is 963. The predicted molar refractivity (Wildman–Crippen MR) is 99.1 cm³/mol. The molecule has 3 aromatic rings. The van der Waals surface area contributed by atoms with E-state index in [2.05, 4.69) is 19.7 Å². The van der Waals surface area contributed by atoms with Gasteiger partial charge in [0.1, 0.15) is 5.75 Å². The van der Waals surface area contributed by atoms with Gasteiger partial charge in [-0.05, 0) is 25.5 Å². The van der Waals surface area contributed by atoms with Crippen molar-refractivity contribution in [1.29, 1.82) is 0 Å². The number of alkyl halides is 2. The average Bonchev–Trinajstić information content (AvgIpc) is 3.05. The van der Waals surface area contributed by atoms with Gasteiger partial charge in [0.2, 0.25) is 0 Å². The summed E-state index contributed by atoms with van der Waals surface area (Å²) in [6.07, 6.45) is 1.65. The highest BCUT2D eigenvalue weighted by molar-refractivity contribution is 7.98. The van der Waals surface area contributed by atoms with Crippen LogP contribution in [0.1, 0.15) is 16.8 Å². The molecule has 3 rings (SSSR count). The molecule has 0 fully saturated rings. The van der Waals surface area contributed by atoms with Crippen LogP contribution in [0.15, 0.2) is 23.5 Å². The molecule has 0 spiro atoms. The van der Waals surface area contributed by atoms with E-state index in [1.54, 1.807) is 46.4 Å². The third-order valence-electron chi connectivity index (χ3n) is 4.04. The number of fused-ring (bicyclic) bond motifs is 1. The van der Waals surface area contributed by atoms with Gasteiger partial charge < -0.3 is 19.2 Å². The van der Waals surface area contributed by atoms with Gasteiger partial charge in [-0.2, -0.15) is 8.78 Å². The molecular formula is C18H19F2N3O3S. The molecule has 0 aliphatic heterocycles. The summed E-state index contributed by atoms with van der Waals surface area (Å²) in [6, 6.07) is 3.48. The first-order valence-electron chi connectivity index (χ1n) is 8.08. The van der Waals surface area contributed by atoms with Crippen LogP contribution in [0, 0.1) is 13.8 Å². The van der Waals surface area contributed by atoms with Crippen LogP contribution < -0.4 is 14.2 Å². The third-order valence-corrected chi connectivity index (χ3v) is 4.93. The Balaban J connectivity index is 1.88. The molecule has 0 radical (unpaired) electrons. The predicted octanol–water partition coefficient (Wildman–Crippen LogP) is 4.49. The number of pyridine rings is 1. The van der Waals surface area contributed by atoms with Gasteiger partial charge in [-0.15, -0.1) is 0 Å². The molecule has 1 N–H and O–H groups in total. The second kappa shape index (κ2) is 7.99. The summed E-state index contributed by atoms with van der Waals surface area (Å²) in [5.41, 5.74) is 3.28. The maximum Gasteiger partial charge on any atom is 0.387 e. The van der Waals surface area contributed by atoms with Crippen molar-refractivity contribution in [3.63, 3.8) is 0 Å². The zero-order valence-corrected chi connectivity index (χ0v) is 16.1. The number of rotatable bonds is 7. The number of aromatic nitrogens is 3. The first kappa shape index (κ1) is 19.2. The zero-order valence-electron chi connectivity index (χ0n) is 15.3. The number of halogens is 2. The molecule has 0 saturated heterocycles. The lowest BCUT2D eigenvalue weighted by Crippen LogP contribution is -2.05. The van der Waals surface area contributed by atoms with Gasteiger partial charge in [-0.25, -0.2) is 4.98 Å². The summed E-state index contributed by atoms with van der Waals surface area (Å²) >= 11 is 1.43. The molecule has 0 amide bonds. The molecule has 1 aromatic carbocycles. The number of aryl methyl sites for hydroxylation is 2. The minimum atomic E-state index is -2.88. The summed E-state index contributed by atoms with van der Waals surface area (Å²) in [7, 11) is 3.13. The molecule has 0 bridgehead atoms. The Hall–Kier alpha value is -2.55. The number of imidazole rings is 1. The Kier molecular flexibility index (Phi) is 5.69. The van der Waals surface area contributed by atoms with Crippen molar-refractivity contribution in [2.45, 2.75) is 31.4 Å². The molecule has 2 heterocycles. The smallest absolute Gasteiger partial charge is 0.387 e. The number of hydrogen-bond donors (Lipinski definition) is 1. The fourth-order valence-corrected chi connectivity index (χ4v) is 3.69. The maximum absolute atomic E-state index is 12.6. The van der Waals surface area contributed by atoms with Crippen molar-refractivity contribution >= 4 is 22.8 Å². The molecule has 9 heteroatoms. The van der Waals surface area contributed by atoms with Crippen molar-refractivity contribution in [2.75, 3.05) is 14.2 Å². The lowest BCUT2D eigenvalue weighted by atomic mass is 10.1. The third kappa shape index (κ3) is 3.92. The quantitative estimate of drug-likeness (QED) is 0.595. The summed E-state index contributed by atoms with van der Waals surface area (Å²) in [4.78, 5) is 12.1. The SMILES string of the molecule is COc1ccnc(CSc2nc3c(C)c(OC(F)F)c(C)cc3[nH]2)c1OC. The summed E-state index contributed by atoms with van der Waals surface area (Å²) in [6.45, 7) is 0.567.